The molecule has 0 radical (unpaired) electrons. The molecule has 1 saturated heterocycles. The quantitative estimate of drug-likeness (QED) is 0.883. The van der Waals surface area contributed by atoms with Crippen LogP contribution in [0.1, 0.15) is 24.3 Å². The molecule has 0 bridgehead atoms. The fourth-order valence-electron chi connectivity index (χ4n) is 3.82. The molecule has 6 heteroatoms. The topological polar surface area (TPSA) is 67.4 Å². The van der Waals surface area contributed by atoms with Gasteiger partial charge in [-0.1, -0.05) is 0 Å². The lowest BCUT2D eigenvalue weighted by Gasteiger charge is -2.16. The van der Waals surface area contributed by atoms with Gasteiger partial charge in [-0.25, -0.2) is 8.42 Å². The van der Waals surface area contributed by atoms with Crippen LogP contribution in [0.25, 0.3) is 0 Å². The molecule has 2 atom stereocenters. The minimum atomic E-state index is -3.53. The van der Waals surface area contributed by atoms with Crippen LogP contribution in [0.5, 0.6) is 5.75 Å². The fraction of sp³-hybridized carbons (Fsp3) is 0.368. The SMILES string of the molecule is COc1ccc(S(=O)(=O)c2ccc3c(c2)[C@H]2CCNCC[C@@H]2N3)cc1. The van der Waals surface area contributed by atoms with Crippen molar-refractivity contribution in [2.75, 3.05) is 25.5 Å². The van der Waals surface area contributed by atoms with Crippen molar-refractivity contribution < 1.29 is 13.2 Å². The van der Waals surface area contributed by atoms with E-state index in [4.69, 9.17) is 4.74 Å². The smallest absolute Gasteiger partial charge is 0.206 e. The number of nitrogens with one attached hydrogen (secondary N) is 2. The second kappa shape index (κ2) is 6.35. The third-order valence-electron chi connectivity index (χ3n) is 5.19. The van der Waals surface area contributed by atoms with Crippen LogP contribution in [-0.4, -0.2) is 34.7 Å². The van der Waals surface area contributed by atoms with Crippen molar-refractivity contribution in [2.24, 2.45) is 0 Å². The maximum atomic E-state index is 13.0. The van der Waals surface area contributed by atoms with Gasteiger partial charge in [0.05, 0.1) is 16.9 Å². The second-order valence-electron chi connectivity index (χ2n) is 6.61. The zero-order valence-corrected chi connectivity index (χ0v) is 15.0. The average molecular weight is 358 g/mol. The Hall–Kier alpha value is -2.05. The Labute approximate surface area is 148 Å². The van der Waals surface area contributed by atoms with Crippen molar-refractivity contribution in [2.45, 2.75) is 34.6 Å². The fourth-order valence-corrected chi connectivity index (χ4v) is 5.12. The van der Waals surface area contributed by atoms with E-state index < -0.39 is 9.84 Å². The Morgan fingerprint density at radius 1 is 1.00 bits per heavy atom. The van der Waals surface area contributed by atoms with Crippen LogP contribution in [0.3, 0.4) is 0 Å². The molecule has 2 aromatic rings. The molecule has 5 nitrogen and oxygen atoms in total. The summed E-state index contributed by atoms with van der Waals surface area (Å²) in [7, 11) is -1.97. The lowest BCUT2D eigenvalue weighted by molar-refractivity contribution is 0.414. The minimum Gasteiger partial charge on any atom is -0.497 e. The first-order chi connectivity index (χ1) is 12.1. The summed E-state index contributed by atoms with van der Waals surface area (Å²) in [5.74, 6) is 1.02. The minimum absolute atomic E-state index is 0.290. The highest BCUT2D eigenvalue weighted by Gasteiger charge is 2.34. The lowest BCUT2D eigenvalue weighted by atomic mass is 9.91. The molecule has 0 spiro atoms. The molecule has 2 aliphatic rings. The van der Waals surface area contributed by atoms with E-state index in [2.05, 4.69) is 10.6 Å². The van der Waals surface area contributed by atoms with Gasteiger partial charge in [0, 0.05) is 17.6 Å². The van der Waals surface area contributed by atoms with Crippen LogP contribution in [0.15, 0.2) is 52.3 Å². The normalized spacial score (nSPS) is 22.4. The number of anilines is 1. The van der Waals surface area contributed by atoms with E-state index in [1.54, 1.807) is 37.4 Å². The van der Waals surface area contributed by atoms with E-state index in [1.807, 2.05) is 12.1 Å². The van der Waals surface area contributed by atoms with Gasteiger partial charge in [-0.2, -0.15) is 0 Å². The summed E-state index contributed by atoms with van der Waals surface area (Å²) < 4.78 is 31.1. The summed E-state index contributed by atoms with van der Waals surface area (Å²) in [6.45, 7) is 1.97. The molecule has 1 fully saturated rings. The van der Waals surface area contributed by atoms with E-state index in [0.29, 0.717) is 27.5 Å². The van der Waals surface area contributed by atoms with Crippen LogP contribution < -0.4 is 15.4 Å². The molecule has 0 amide bonds. The number of benzene rings is 2. The van der Waals surface area contributed by atoms with Crippen molar-refractivity contribution in [1.29, 1.82) is 0 Å². The molecule has 0 aromatic heterocycles. The molecule has 2 aromatic carbocycles. The predicted molar refractivity (Wildman–Crippen MR) is 97.1 cm³/mol. The van der Waals surface area contributed by atoms with Crippen molar-refractivity contribution in [3.8, 4) is 5.75 Å². The van der Waals surface area contributed by atoms with E-state index in [0.717, 1.165) is 37.2 Å². The summed E-state index contributed by atoms with van der Waals surface area (Å²) in [4.78, 5) is 0.648. The summed E-state index contributed by atoms with van der Waals surface area (Å²) in [6, 6.07) is 12.4. The maximum Gasteiger partial charge on any atom is 0.206 e. The summed E-state index contributed by atoms with van der Waals surface area (Å²) in [5.41, 5.74) is 2.20. The Morgan fingerprint density at radius 3 is 2.48 bits per heavy atom. The van der Waals surface area contributed by atoms with E-state index >= 15 is 0 Å². The molecule has 0 unspecified atom stereocenters. The molecule has 25 heavy (non-hydrogen) atoms. The molecule has 0 saturated carbocycles. The molecular formula is C19H22N2O3S. The highest BCUT2D eigenvalue weighted by atomic mass is 32.2. The van der Waals surface area contributed by atoms with Crippen LogP contribution in [0.4, 0.5) is 5.69 Å². The molecular weight excluding hydrogens is 336 g/mol. The Morgan fingerprint density at radius 2 is 1.72 bits per heavy atom. The number of methoxy groups -OCH3 is 1. The summed E-state index contributed by atoms with van der Waals surface area (Å²) in [6.07, 6.45) is 2.08. The summed E-state index contributed by atoms with van der Waals surface area (Å²) in [5, 5.41) is 6.98. The lowest BCUT2D eigenvalue weighted by Crippen LogP contribution is -2.21. The van der Waals surface area contributed by atoms with Crippen LogP contribution in [0.2, 0.25) is 0 Å². The first-order valence-corrected chi connectivity index (χ1v) is 10.1. The Kier molecular flexibility index (Phi) is 4.17. The number of hydrogen-bond donors (Lipinski definition) is 2. The Balaban J connectivity index is 1.71. The first kappa shape index (κ1) is 16.4. The average Bonchev–Trinajstić information content (AvgIpc) is 2.82. The third-order valence-corrected chi connectivity index (χ3v) is 6.96. The largest absolute Gasteiger partial charge is 0.497 e. The van der Waals surface area contributed by atoms with Crippen molar-refractivity contribution >= 4 is 15.5 Å². The van der Waals surface area contributed by atoms with Gasteiger partial charge in [-0.15, -0.1) is 0 Å². The van der Waals surface area contributed by atoms with E-state index in [1.165, 1.54) is 0 Å². The van der Waals surface area contributed by atoms with Gasteiger partial charge in [0.2, 0.25) is 9.84 Å². The van der Waals surface area contributed by atoms with Gasteiger partial charge in [-0.3, -0.25) is 0 Å². The maximum absolute atomic E-state index is 13.0. The third kappa shape index (κ3) is 2.89. The number of rotatable bonds is 3. The molecule has 2 heterocycles. The van der Waals surface area contributed by atoms with Gasteiger partial charge in [0.15, 0.2) is 0 Å². The molecule has 0 aliphatic carbocycles. The van der Waals surface area contributed by atoms with Gasteiger partial charge in [0.25, 0.3) is 0 Å². The highest BCUT2D eigenvalue weighted by molar-refractivity contribution is 7.91. The first-order valence-electron chi connectivity index (χ1n) is 8.60. The summed E-state index contributed by atoms with van der Waals surface area (Å²) >= 11 is 0. The number of sulfone groups is 1. The van der Waals surface area contributed by atoms with Gasteiger partial charge < -0.3 is 15.4 Å². The van der Waals surface area contributed by atoms with Crippen LogP contribution in [-0.2, 0) is 9.84 Å². The Bertz CT molecular complexity index is 878. The molecule has 2 N–H and O–H groups in total. The number of fused-ring (bicyclic) bond motifs is 3. The number of ether oxygens (including phenoxy) is 1. The molecule has 4 rings (SSSR count). The number of hydrogen-bond acceptors (Lipinski definition) is 5. The zero-order chi connectivity index (χ0) is 17.4. The van der Waals surface area contributed by atoms with E-state index in [9.17, 15) is 8.42 Å². The van der Waals surface area contributed by atoms with E-state index in [-0.39, 0.29) is 0 Å². The van der Waals surface area contributed by atoms with Gasteiger partial charge >= 0.3 is 0 Å². The van der Waals surface area contributed by atoms with Crippen molar-refractivity contribution in [3.05, 3.63) is 48.0 Å². The molecule has 2 aliphatic heterocycles. The monoisotopic (exact) mass is 358 g/mol. The van der Waals surface area contributed by atoms with Crippen LogP contribution >= 0.6 is 0 Å². The van der Waals surface area contributed by atoms with Crippen molar-refractivity contribution in [1.82, 2.24) is 5.32 Å². The standard InChI is InChI=1S/C19H22N2O3S/c1-24-13-2-4-14(5-3-13)25(22,23)15-6-7-18-17(12-15)16-8-10-20-11-9-19(16)21-18/h2-7,12,16,19-21H,8-11H2,1H3/t16-,19+/m1/s1. The predicted octanol–water partition coefficient (Wildman–Crippen LogP) is 2.79. The molecule has 132 valence electrons. The zero-order valence-electron chi connectivity index (χ0n) is 14.2. The second-order valence-corrected chi connectivity index (χ2v) is 8.56. The van der Waals surface area contributed by atoms with Gasteiger partial charge in [0.1, 0.15) is 5.75 Å². The van der Waals surface area contributed by atoms with Crippen LogP contribution in [0, 0.1) is 0 Å². The highest BCUT2D eigenvalue weighted by Crippen LogP contribution is 2.41. The van der Waals surface area contributed by atoms with Gasteiger partial charge in [-0.05, 0) is 74.0 Å². The van der Waals surface area contributed by atoms with Crippen molar-refractivity contribution in [3.63, 3.8) is 0 Å².